The fraction of sp³-hybridized carbons (Fsp3) is 0.250. The van der Waals surface area contributed by atoms with Crippen LogP contribution in [0.25, 0.3) is 0 Å². The highest BCUT2D eigenvalue weighted by Gasteiger charge is 1.97. The van der Waals surface area contributed by atoms with E-state index in [2.05, 4.69) is 24.8 Å². The van der Waals surface area contributed by atoms with E-state index in [1.807, 2.05) is 6.08 Å². The molecule has 0 saturated carbocycles. The largest absolute Gasteiger partial charge is 0.295 e. The van der Waals surface area contributed by atoms with Crippen LogP contribution >= 0.6 is 0 Å². The van der Waals surface area contributed by atoms with E-state index in [9.17, 15) is 4.79 Å². The van der Waals surface area contributed by atoms with Crippen molar-refractivity contribution in [3.05, 3.63) is 48.1 Å². The second-order valence-electron chi connectivity index (χ2n) is 3.20. The molecule has 1 heteroatoms. The van der Waals surface area contributed by atoms with Gasteiger partial charge in [-0.1, -0.05) is 36.5 Å². The molecule has 0 bridgehead atoms. The van der Waals surface area contributed by atoms with Crippen molar-refractivity contribution in [2.24, 2.45) is 0 Å². The fourth-order valence-corrected chi connectivity index (χ4v) is 1.22. The minimum absolute atomic E-state index is 0.0965. The summed E-state index contributed by atoms with van der Waals surface area (Å²) in [6.07, 6.45) is 11.5. The molecule has 1 rings (SSSR count). The topological polar surface area (TPSA) is 17.1 Å². The van der Waals surface area contributed by atoms with Gasteiger partial charge in [0.1, 0.15) is 0 Å². The summed E-state index contributed by atoms with van der Waals surface area (Å²) in [6, 6.07) is 0. The average molecular weight is 174 g/mol. The van der Waals surface area contributed by atoms with Crippen molar-refractivity contribution in [1.29, 1.82) is 0 Å². The lowest BCUT2D eigenvalue weighted by Gasteiger charge is -2.05. The van der Waals surface area contributed by atoms with E-state index in [0.717, 1.165) is 18.4 Å². The number of hydrogen-bond donors (Lipinski definition) is 0. The van der Waals surface area contributed by atoms with Gasteiger partial charge in [0.05, 0.1) is 0 Å². The Bertz CT molecular complexity index is 303. The lowest BCUT2D eigenvalue weighted by atomic mass is 10.0. The highest BCUT2D eigenvalue weighted by atomic mass is 16.1. The van der Waals surface area contributed by atoms with Crippen LogP contribution in [0.4, 0.5) is 0 Å². The molecule has 1 aliphatic rings. The zero-order valence-corrected chi connectivity index (χ0v) is 7.92. The van der Waals surface area contributed by atoms with E-state index in [-0.39, 0.29) is 5.78 Å². The summed E-state index contributed by atoms with van der Waals surface area (Å²) in [6.45, 7) is 5.44. The highest BCUT2D eigenvalue weighted by molar-refractivity contribution is 5.87. The Balaban J connectivity index is 2.50. The Morgan fingerprint density at radius 1 is 1.69 bits per heavy atom. The minimum Gasteiger partial charge on any atom is -0.295 e. The van der Waals surface area contributed by atoms with Gasteiger partial charge >= 0.3 is 0 Å². The fourth-order valence-electron chi connectivity index (χ4n) is 1.22. The standard InChI is InChI=1S/C12H14O/c1-10-5-3-7-12(9-10)8-4-6-11(2)13/h3-4,6-7,9H,1,5,8H2,2H3. The Kier molecular flexibility index (Phi) is 3.44. The molecule has 0 aliphatic heterocycles. The number of allylic oxidation sites excluding steroid dienone is 7. The van der Waals surface area contributed by atoms with Gasteiger partial charge in [0.2, 0.25) is 0 Å². The van der Waals surface area contributed by atoms with Crippen LogP contribution in [0.1, 0.15) is 19.8 Å². The Morgan fingerprint density at radius 3 is 3.08 bits per heavy atom. The Labute approximate surface area is 79.2 Å². The van der Waals surface area contributed by atoms with Crippen LogP contribution < -0.4 is 0 Å². The first-order valence-electron chi connectivity index (χ1n) is 4.40. The van der Waals surface area contributed by atoms with E-state index in [1.165, 1.54) is 5.57 Å². The number of carbonyl (C=O) groups is 1. The third kappa shape index (κ3) is 3.70. The van der Waals surface area contributed by atoms with Gasteiger partial charge in [-0.25, -0.2) is 0 Å². The van der Waals surface area contributed by atoms with E-state index in [1.54, 1.807) is 13.0 Å². The van der Waals surface area contributed by atoms with E-state index < -0.39 is 0 Å². The van der Waals surface area contributed by atoms with Gasteiger partial charge in [-0.15, -0.1) is 0 Å². The first kappa shape index (κ1) is 9.72. The van der Waals surface area contributed by atoms with Crippen LogP contribution in [0.15, 0.2) is 48.1 Å². The van der Waals surface area contributed by atoms with Gasteiger partial charge in [0, 0.05) is 0 Å². The number of carbonyl (C=O) groups excluding carboxylic acids is 1. The number of ketones is 1. The lowest BCUT2D eigenvalue weighted by Crippen LogP contribution is -1.86. The molecule has 0 aromatic rings. The average Bonchev–Trinajstić information content (AvgIpc) is 2.03. The molecule has 0 amide bonds. The molecule has 0 aromatic heterocycles. The maximum atomic E-state index is 10.6. The highest BCUT2D eigenvalue weighted by Crippen LogP contribution is 2.16. The maximum absolute atomic E-state index is 10.6. The summed E-state index contributed by atoms with van der Waals surface area (Å²) in [5.74, 6) is 0.0965. The molecule has 0 unspecified atom stereocenters. The second kappa shape index (κ2) is 4.61. The van der Waals surface area contributed by atoms with E-state index in [4.69, 9.17) is 0 Å². The molecular weight excluding hydrogens is 160 g/mol. The van der Waals surface area contributed by atoms with Crippen LogP contribution in [0.5, 0.6) is 0 Å². The molecule has 0 atom stereocenters. The molecule has 0 spiro atoms. The van der Waals surface area contributed by atoms with Crippen molar-refractivity contribution in [1.82, 2.24) is 0 Å². The Hall–Kier alpha value is -1.37. The lowest BCUT2D eigenvalue weighted by molar-refractivity contribution is -0.112. The summed E-state index contributed by atoms with van der Waals surface area (Å²) >= 11 is 0. The first-order valence-corrected chi connectivity index (χ1v) is 4.40. The molecule has 1 aliphatic carbocycles. The van der Waals surface area contributed by atoms with Crippen LogP contribution in [-0.2, 0) is 4.79 Å². The molecule has 13 heavy (non-hydrogen) atoms. The zero-order chi connectivity index (χ0) is 9.68. The predicted molar refractivity (Wildman–Crippen MR) is 55.4 cm³/mol. The summed E-state index contributed by atoms with van der Waals surface area (Å²) < 4.78 is 0. The van der Waals surface area contributed by atoms with Crippen molar-refractivity contribution in [3.8, 4) is 0 Å². The summed E-state index contributed by atoms with van der Waals surface area (Å²) in [7, 11) is 0. The van der Waals surface area contributed by atoms with Gasteiger partial charge < -0.3 is 0 Å². The Morgan fingerprint density at radius 2 is 2.46 bits per heavy atom. The van der Waals surface area contributed by atoms with Gasteiger partial charge in [-0.3, -0.25) is 4.79 Å². The molecule has 0 aromatic carbocycles. The van der Waals surface area contributed by atoms with Gasteiger partial charge in [-0.2, -0.15) is 0 Å². The monoisotopic (exact) mass is 174 g/mol. The normalized spacial score (nSPS) is 16.4. The van der Waals surface area contributed by atoms with Crippen molar-refractivity contribution >= 4 is 5.78 Å². The van der Waals surface area contributed by atoms with Gasteiger partial charge in [0.25, 0.3) is 0 Å². The van der Waals surface area contributed by atoms with Gasteiger partial charge in [0.15, 0.2) is 5.78 Å². The van der Waals surface area contributed by atoms with Crippen LogP contribution in [0.2, 0.25) is 0 Å². The third-order valence-electron chi connectivity index (χ3n) is 1.81. The zero-order valence-electron chi connectivity index (χ0n) is 7.92. The van der Waals surface area contributed by atoms with Gasteiger partial charge in [-0.05, 0) is 31.4 Å². The summed E-state index contributed by atoms with van der Waals surface area (Å²) in [5.41, 5.74) is 2.35. The van der Waals surface area contributed by atoms with Crippen LogP contribution in [-0.4, -0.2) is 5.78 Å². The van der Waals surface area contributed by atoms with Crippen molar-refractivity contribution in [3.63, 3.8) is 0 Å². The molecule has 68 valence electrons. The molecule has 1 nitrogen and oxygen atoms in total. The molecule has 0 fully saturated rings. The van der Waals surface area contributed by atoms with Crippen molar-refractivity contribution in [2.45, 2.75) is 19.8 Å². The maximum Gasteiger partial charge on any atom is 0.152 e. The number of hydrogen-bond acceptors (Lipinski definition) is 1. The smallest absolute Gasteiger partial charge is 0.152 e. The van der Waals surface area contributed by atoms with E-state index >= 15 is 0 Å². The predicted octanol–water partition coefficient (Wildman–Crippen LogP) is 2.96. The molecule has 0 saturated heterocycles. The molecule has 0 radical (unpaired) electrons. The molecule has 0 N–H and O–H groups in total. The number of rotatable bonds is 3. The SMILES string of the molecule is C=C1C=C(CC=CC(C)=O)C=CC1. The van der Waals surface area contributed by atoms with Crippen molar-refractivity contribution < 1.29 is 4.79 Å². The third-order valence-corrected chi connectivity index (χ3v) is 1.81. The van der Waals surface area contributed by atoms with Crippen LogP contribution in [0.3, 0.4) is 0 Å². The van der Waals surface area contributed by atoms with Crippen LogP contribution in [0, 0.1) is 0 Å². The second-order valence-corrected chi connectivity index (χ2v) is 3.20. The van der Waals surface area contributed by atoms with E-state index in [0.29, 0.717) is 0 Å². The first-order chi connectivity index (χ1) is 6.18. The summed E-state index contributed by atoms with van der Waals surface area (Å²) in [4.78, 5) is 10.6. The summed E-state index contributed by atoms with van der Waals surface area (Å²) in [5, 5.41) is 0. The molecular formula is C12H14O. The molecule has 0 heterocycles. The minimum atomic E-state index is 0.0965. The van der Waals surface area contributed by atoms with Crippen molar-refractivity contribution in [2.75, 3.05) is 0 Å². The quantitative estimate of drug-likeness (QED) is 0.601.